The molecule has 0 radical (unpaired) electrons. The van der Waals surface area contributed by atoms with Crippen molar-refractivity contribution in [1.29, 1.82) is 0 Å². The van der Waals surface area contributed by atoms with Gasteiger partial charge in [-0.05, 0) is 6.07 Å². The van der Waals surface area contributed by atoms with E-state index in [1.165, 1.54) is 7.11 Å². The Morgan fingerprint density at radius 1 is 1.42 bits per heavy atom. The normalized spacial score (nSPS) is 11.0. The summed E-state index contributed by atoms with van der Waals surface area (Å²) in [6, 6.07) is 1.68. The fraction of sp³-hybridized carbons (Fsp3) is 0.300. The maximum Gasteiger partial charge on any atom is 0.573 e. The zero-order chi connectivity index (χ0) is 14.6. The summed E-state index contributed by atoms with van der Waals surface area (Å²) in [7, 11) is 1.19. The maximum atomic E-state index is 12.1. The lowest BCUT2D eigenvalue weighted by Crippen LogP contribution is -2.19. The third-order valence-corrected chi connectivity index (χ3v) is 1.92. The number of alkyl halides is 3. The number of aliphatic hydroxyl groups is 1. The van der Waals surface area contributed by atoms with Gasteiger partial charge in [-0.3, -0.25) is 0 Å². The predicted molar refractivity (Wildman–Crippen MR) is 55.8 cm³/mol. The second-order valence-electron chi connectivity index (χ2n) is 3.24. The number of nitrogens with two attached hydrogens (primary N) is 1. The molecule has 0 spiro atoms. The second-order valence-corrected chi connectivity index (χ2v) is 3.24. The molecule has 0 atom stereocenters. The lowest BCUT2D eigenvalue weighted by molar-refractivity contribution is -0.274. The molecule has 0 heterocycles. The zero-order valence-electron chi connectivity index (χ0n) is 9.65. The van der Waals surface area contributed by atoms with Gasteiger partial charge in [0.05, 0.1) is 13.7 Å². The molecule has 6 nitrogen and oxygen atoms in total. The summed E-state index contributed by atoms with van der Waals surface area (Å²) in [5.74, 6) is -1.18. The molecule has 0 aliphatic carbocycles. The van der Waals surface area contributed by atoms with E-state index in [1.54, 1.807) is 0 Å². The molecule has 9 heteroatoms. The summed E-state index contributed by atoms with van der Waals surface area (Å²) in [4.78, 5) is 10.7. The van der Waals surface area contributed by atoms with Gasteiger partial charge in [-0.2, -0.15) is 0 Å². The number of carbonyl (C=O) groups is 1. The van der Waals surface area contributed by atoms with Gasteiger partial charge in [0.2, 0.25) is 0 Å². The molecule has 0 aromatic heterocycles. The Morgan fingerprint density at radius 2 is 2.05 bits per heavy atom. The largest absolute Gasteiger partial charge is 0.573 e. The van der Waals surface area contributed by atoms with E-state index in [1.807, 2.05) is 0 Å². The van der Waals surface area contributed by atoms with Crippen molar-refractivity contribution in [3.05, 3.63) is 17.7 Å². The third-order valence-electron chi connectivity index (χ3n) is 1.92. The molecule has 0 aliphatic heterocycles. The lowest BCUT2D eigenvalue weighted by atomic mass is 10.2. The van der Waals surface area contributed by atoms with Crippen molar-refractivity contribution < 1.29 is 37.3 Å². The van der Waals surface area contributed by atoms with Gasteiger partial charge in [-0.15, -0.1) is 13.2 Å². The van der Waals surface area contributed by atoms with Crippen LogP contribution in [0.25, 0.3) is 0 Å². The van der Waals surface area contributed by atoms with Crippen LogP contribution in [-0.4, -0.2) is 24.7 Å². The number of methoxy groups -OCH3 is 1. The smallest absolute Gasteiger partial charge is 0.492 e. The van der Waals surface area contributed by atoms with E-state index in [0.717, 1.165) is 12.1 Å². The topological polar surface area (TPSA) is 91.0 Å². The Hall–Kier alpha value is -2.16. The highest BCUT2D eigenvalue weighted by Gasteiger charge is 2.32. The fourth-order valence-electron chi connectivity index (χ4n) is 1.36. The van der Waals surface area contributed by atoms with E-state index in [-0.39, 0.29) is 17.1 Å². The van der Waals surface area contributed by atoms with Crippen LogP contribution in [-0.2, 0) is 6.61 Å². The monoisotopic (exact) mass is 281 g/mol. The molecular formula is C10H10F3NO5. The molecule has 0 saturated heterocycles. The van der Waals surface area contributed by atoms with Crippen LogP contribution in [0.2, 0.25) is 0 Å². The average molecular weight is 281 g/mol. The first-order valence-electron chi connectivity index (χ1n) is 4.81. The summed E-state index contributed by atoms with van der Waals surface area (Å²) < 4.78 is 49.3. The highest BCUT2D eigenvalue weighted by atomic mass is 19.4. The molecule has 19 heavy (non-hydrogen) atoms. The van der Waals surface area contributed by atoms with Crippen molar-refractivity contribution in [3.63, 3.8) is 0 Å². The first-order valence-corrected chi connectivity index (χ1v) is 4.81. The van der Waals surface area contributed by atoms with Crippen molar-refractivity contribution in [2.45, 2.75) is 13.0 Å². The number of aliphatic hydroxyl groups excluding tert-OH is 1. The molecule has 0 fully saturated rings. The summed E-state index contributed by atoms with van der Waals surface area (Å²) in [5.41, 5.74) is 4.72. The van der Waals surface area contributed by atoms with Gasteiger partial charge >= 0.3 is 12.5 Å². The fourth-order valence-corrected chi connectivity index (χ4v) is 1.36. The van der Waals surface area contributed by atoms with Crippen LogP contribution in [0.1, 0.15) is 5.56 Å². The Kier molecular flexibility index (Phi) is 4.43. The van der Waals surface area contributed by atoms with Crippen molar-refractivity contribution in [1.82, 2.24) is 0 Å². The van der Waals surface area contributed by atoms with Gasteiger partial charge in [0.1, 0.15) is 5.75 Å². The van der Waals surface area contributed by atoms with Crippen molar-refractivity contribution in [3.8, 4) is 17.2 Å². The Morgan fingerprint density at radius 3 is 2.47 bits per heavy atom. The minimum atomic E-state index is -4.93. The first kappa shape index (κ1) is 14.9. The van der Waals surface area contributed by atoms with E-state index in [4.69, 9.17) is 15.6 Å². The Balaban J connectivity index is 3.25. The average Bonchev–Trinajstić information content (AvgIpc) is 2.25. The molecule has 1 aromatic rings. The molecular weight excluding hydrogens is 271 g/mol. The third kappa shape index (κ3) is 4.21. The summed E-state index contributed by atoms with van der Waals surface area (Å²) >= 11 is 0. The van der Waals surface area contributed by atoms with Crippen LogP contribution in [0.4, 0.5) is 18.0 Å². The number of carbonyl (C=O) groups excluding carboxylic acids is 1. The molecule has 3 N–H and O–H groups in total. The minimum Gasteiger partial charge on any atom is -0.492 e. The van der Waals surface area contributed by atoms with Gasteiger partial charge in [0, 0.05) is 11.6 Å². The SMILES string of the molecule is COc1c(CO)cc(OC(F)(F)F)cc1OC(N)=O. The highest BCUT2D eigenvalue weighted by molar-refractivity contribution is 5.70. The maximum absolute atomic E-state index is 12.1. The molecule has 0 bridgehead atoms. The number of rotatable bonds is 4. The molecule has 0 unspecified atom stereocenters. The minimum absolute atomic E-state index is 0.0551. The molecule has 1 amide bonds. The molecule has 1 aromatic carbocycles. The predicted octanol–water partition coefficient (Wildman–Crippen LogP) is 1.54. The Bertz CT molecular complexity index is 475. The number of ether oxygens (including phenoxy) is 3. The van der Waals surface area contributed by atoms with Gasteiger partial charge in [-0.25, -0.2) is 4.79 Å². The lowest BCUT2D eigenvalue weighted by Gasteiger charge is -2.15. The number of benzene rings is 1. The Labute approximate surface area is 105 Å². The number of amides is 1. The zero-order valence-corrected chi connectivity index (χ0v) is 9.65. The number of hydrogen-bond acceptors (Lipinski definition) is 5. The van der Waals surface area contributed by atoms with Crippen molar-refractivity contribution in [2.75, 3.05) is 7.11 Å². The first-order chi connectivity index (χ1) is 8.76. The summed E-state index contributed by atoms with van der Waals surface area (Å²) in [5, 5.41) is 9.04. The van der Waals surface area contributed by atoms with E-state index >= 15 is 0 Å². The molecule has 0 aliphatic rings. The molecule has 106 valence electrons. The summed E-state index contributed by atoms with van der Waals surface area (Å²) in [6.07, 6.45) is -6.17. The second kappa shape index (κ2) is 5.65. The van der Waals surface area contributed by atoms with Crippen LogP contribution in [0, 0.1) is 0 Å². The van der Waals surface area contributed by atoms with Crippen LogP contribution in [0.3, 0.4) is 0 Å². The van der Waals surface area contributed by atoms with Crippen LogP contribution >= 0.6 is 0 Å². The number of primary amides is 1. The van der Waals surface area contributed by atoms with Crippen molar-refractivity contribution >= 4 is 6.09 Å². The highest BCUT2D eigenvalue weighted by Crippen LogP contribution is 2.37. The van der Waals surface area contributed by atoms with Gasteiger partial charge in [0.15, 0.2) is 11.5 Å². The van der Waals surface area contributed by atoms with E-state index < -0.39 is 24.8 Å². The molecule has 1 rings (SSSR count). The van der Waals surface area contributed by atoms with Gasteiger partial charge < -0.3 is 25.1 Å². The van der Waals surface area contributed by atoms with Crippen LogP contribution < -0.4 is 19.9 Å². The van der Waals surface area contributed by atoms with E-state index in [9.17, 15) is 18.0 Å². The van der Waals surface area contributed by atoms with Gasteiger partial charge in [0.25, 0.3) is 0 Å². The number of halogens is 3. The van der Waals surface area contributed by atoms with E-state index in [0.29, 0.717) is 0 Å². The number of hydrogen-bond donors (Lipinski definition) is 2. The van der Waals surface area contributed by atoms with Crippen LogP contribution in [0.15, 0.2) is 12.1 Å². The van der Waals surface area contributed by atoms with Crippen LogP contribution in [0.5, 0.6) is 17.2 Å². The molecule has 0 saturated carbocycles. The van der Waals surface area contributed by atoms with Crippen molar-refractivity contribution in [2.24, 2.45) is 5.73 Å². The standard InChI is InChI=1S/C10H10F3NO5/c1-17-8-5(4-15)2-6(19-10(11,12)13)3-7(8)18-9(14)16/h2-3,15H,4H2,1H3,(H2,14,16). The summed E-state index contributed by atoms with van der Waals surface area (Å²) in [6.45, 7) is -0.645. The quantitative estimate of drug-likeness (QED) is 0.873. The van der Waals surface area contributed by atoms with E-state index in [2.05, 4.69) is 9.47 Å². The van der Waals surface area contributed by atoms with Gasteiger partial charge in [-0.1, -0.05) is 0 Å².